The van der Waals surface area contributed by atoms with E-state index in [9.17, 15) is 19.2 Å². The van der Waals surface area contributed by atoms with E-state index in [2.05, 4.69) is 24.0 Å². The lowest BCUT2D eigenvalue weighted by Gasteiger charge is -2.04. The van der Waals surface area contributed by atoms with Gasteiger partial charge in [0.2, 0.25) is 0 Å². The summed E-state index contributed by atoms with van der Waals surface area (Å²) in [5, 5.41) is 5.48. The summed E-state index contributed by atoms with van der Waals surface area (Å²) in [5.41, 5.74) is 0.126. The molecular formula is C16H18N2O8S. The fourth-order valence-electron chi connectivity index (χ4n) is 1.67. The van der Waals surface area contributed by atoms with Crippen LogP contribution < -0.4 is 0 Å². The number of nitrogens with zero attached hydrogens (tertiary/aromatic N) is 2. The van der Waals surface area contributed by atoms with Crippen molar-refractivity contribution in [2.24, 2.45) is 0 Å². The number of hydrogen-bond acceptors (Lipinski definition) is 10. The first kappa shape index (κ1) is 22.0. The van der Waals surface area contributed by atoms with E-state index in [4.69, 9.17) is 0 Å². The second-order valence-corrected chi connectivity index (χ2v) is 5.63. The fraction of sp³-hybridized carbons (Fsp3) is 0.312. The topological polar surface area (TPSA) is 123 Å². The highest BCUT2D eigenvalue weighted by atomic mass is 32.2. The number of methoxy groups -OCH3 is 4. The molecule has 0 bridgehead atoms. The minimum absolute atomic E-state index is 0.0303. The summed E-state index contributed by atoms with van der Waals surface area (Å²) < 4.78 is 19.5. The normalized spacial score (nSPS) is 11.6. The molecule has 0 radical (unpaired) electrons. The van der Waals surface area contributed by atoms with Gasteiger partial charge in [0.05, 0.1) is 28.4 Å². The van der Waals surface area contributed by atoms with Crippen molar-refractivity contribution in [1.82, 2.24) is 9.78 Å². The fourth-order valence-corrected chi connectivity index (χ4v) is 2.42. The molecule has 0 aliphatic rings. The summed E-state index contributed by atoms with van der Waals surface area (Å²) in [6.45, 7) is 1.61. The van der Waals surface area contributed by atoms with Crippen LogP contribution in [0.2, 0.25) is 0 Å². The molecule has 0 aliphatic heterocycles. The number of aromatic nitrogens is 2. The van der Waals surface area contributed by atoms with E-state index < -0.39 is 23.9 Å². The van der Waals surface area contributed by atoms with Crippen molar-refractivity contribution in [3.8, 4) is 0 Å². The minimum Gasteiger partial charge on any atom is -0.466 e. The van der Waals surface area contributed by atoms with E-state index in [0.717, 1.165) is 24.9 Å². The van der Waals surface area contributed by atoms with Crippen LogP contribution in [-0.2, 0) is 28.5 Å². The Morgan fingerprint density at radius 2 is 1.63 bits per heavy atom. The van der Waals surface area contributed by atoms with Crippen molar-refractivity contribution in [2.45, 2.75) is 6.92 Å². The molecule has 0 amide bonds. The highest BCUT2D eigenvalue weighted by molar-refractivity contribution is 8.06. The highest BCUT2D eigenvalue weighted by Crippen LogP contribution is 2.23. The molecule has 0 N–H and O–H groups in total. The Hall–Kier alpha value is -3.08. The van der Waals surface area contributed by atoms with E-state index in [1.54, 1.807) is 6.92 Å². The van der Waals surface area contributed by atoms with Crippen LogP contribution in [0.5, 0.6) is 0 Å². The Morgan fingerprint density at radius 3 is 2.15 bits per heavy atom. The first-order chi connectivity index (χ1) is 12.8. The lowest BCUT2D eigenvalue weighted by atomic mass is 10.2. The lowest BCUT2D eigenvalue weighted by Crippen LogP contribution is -2.10. The molecule has 11 heteroatoms. The van der Waals surface area contributed by atoms with Crippen LogP contribution >= 0.6 is 11.8 Å². The zero-order valence-electron chi connectivity index (χ0n) is 15.3. The predicted molar refractivity (Wildman–Crippen MR) is 94.6 cm³/mol. The molecule has 0 atom stereocenters. The Balaban J connectivity index is 3.21. The van der Waals surface area contributed by atoms with Gasteiger partial charge in [-0.3, -0.25) is 0 Å². The average molecular weight is 398 g/mol. The Bertz CT molecular complexity index is 776. The SMILES string of the molecule is COC(=O)/C=C(\S/C=C(/C)n1cc(C(=O)OC)c(C(=O)OC)n1)C(=O)OC. The van der Waals surface area contributed by atoms with Crippen LogP contribution in [0.1, 0.15) is 27.8 Å². The minimum atomic E-state index is -0.810. The monoisotopic (exact) mass is 398 g/mol. The van der Waals surface area contributed by atoms with Crippen LogP contribution in [-0.4, -0.2) is 62.1 Å². The van der Waals surface area contributed by atoms with E-state index in [1.165, 1.54) is 37.6 Å². The maximum absolute atomic E-state index is 11.8. The van der Waals surface area contributed by atoms with Crippen LogP contribution in [0.25, 0.3) is 5.70 Å². The van der Waals surface area contributed by atoms with E-state index in [0.29, 0.717) is 5.70 Å². The third-order valence-electron chi connectivity index (χ3n) is 3.05. The number of carbonyl (C=O) groups excluding carboxylic acids is 4. The summed E-state index contributed by atoms with van der Waals surface area (Å²) in [5.74, 6) is -3.03. The number of esters is 4. The number of allylic oxidation sites excluding steroid dienone is 1. The summed E-state index contributed by atoms with van der Waals surface area (Å²) in [6.07, 6.45) is 2.26. The van der Waals surface area contributed by atoms with Crippen molar-refractivity contribution in [3.63, 3.8) is 0 Å². The van der Waals surface area contributed by atoms with Gasteiger partial charge in [0.1, 0.15) is 10.5 Å². The predicted octanol–water partition coefficient (Wildman–Crippen LogP) is 1.24. The standard InChI is InChI=1S/C16H18N2O8S/c1-9(8-27-11(15(21)25-4)6-12(19)23-2)18-7-10(14(20)24-3)13(17-18)16(22)26-5/h6-8H,1-5H3/b9-8-,11-6-. The van der Waals surface area contributed by atoms with Gasteiger partial charge >= 0.3 is 23.9 Å². The molecule has 0 spiro atoms. The molecule has 1 heterocycles. The van der Waals surface area contributed by atoms with Crippen molar-refractivity contribution in [3.05, 3.63) is 33.8 Å². The van der Waals surface area contributed by atoms with Gasteiger partial charge in [0.15, 0.2) is 5.69 Å². The third kappa shape index (κ3) is 5.71. The van der Waals surface area contributed by atoms with Crippen molar-refractivity contribution in [1.29, 1.82) is 0 Å². The van der Waals surface area contributed by atoms with Gasteiger partial charge in [-0.2, -0.15) is 5.10 Å². The molecule has 1 aromatic rings. The second kappa shape index (κ2) is 10.2. The van der Waals surface area contributed by atoms with Gasteiger partial charge in [-0.1, -0.05) is 11.8 Å². The van der Waals surface area contributed by atoms with Gasteiger partial charge in [-0.15, -0.1) is 0 Å². The van der Waals surface area contributed by atoms with Gasteiger partial charge < -0.3 is 18.9 Å². The molecule has 0 saturated carbocycles. The summed E-state index contributed by atoms with van der Waals surface area (Å²) >= 11 is 0.875. The van der Waals surface area contributed by atoms with Crippen molar-refractivity contribution in [2.75, 3.05) is 28.4 Å². The molecule has 1 aromatic heterocycles. The highest BCUT2D eigenvalue weighted by Gasteiger charge is 2.24. The molecular weight excluding hydrogens is 380 g/mol. The number of carbonyl (C=O) groups is 4. The van der Waals surface area contributed by atoms with Gasteiger partial charge in [-0.25, -0.2) is 23.9 Å². The van der Waals surface area contributed by atoms with Crippen LogP contribution in [0.4, 0.5) is 0 Å². The summed E-state index contributed by atoms with van der Waals surface area (Å²) in [6, 6.07) is 0. The van der Waals surface area contributed by atoms with Crippen LogP contribution in [0.15, 0.2) is 22.6 Å². The molecule has 0 fully saturated rings. The molecule has 10 nitrogen and oxygen atoms in total. The smallest absolute Gasteiger partial charge is 0.359 e. The molecule has 0 aromatic carbocycles. The molecule has 1 rings (SSSR count). The Kier molecular flexibility index (Phi) is 8.27. The van der Waals surface area contributed by atoms with Crippen LogP contribution in [0.3, 0.4) is 0 Å². The maximum Gasteiger partial charge on any atom is 0.359 e. The quantitative estimate of drug-likeness (QED) is 0.376. The lowest BCUT2D eigenvalue weighted by molar-refractivity contribution is -0.137. The Morgan fingerprint density at radius 1 is 1.00 bits per heavy atom. The van der Waals surface area contributed by atoms with Crippen LogP contribution in [0, 0.1) is 0 Å². The molecule has 27 heavy (non-hydrogen) atoms. The molecule has 0 saturated heterocycles. The van der Waals surface area contributed by atoms with E-state index in [1.807, 2.05) is 0 Å². The van der Waals surface area contributed by atoms with Crippen molar-refractivity contribution < 1.29 is 38.1 Å². The molecule has 0 unspecified atom stereocenters. The van der Waals surface area contributed by atoms with Gasteiger partial charge in [0.25, 0.3) is 0 Å². The maximum atomic E-state index is 11.8. The zero-order valence-corrected chi connectivity index (χ0v) is 16.1. The van der Waals surface area contributed by atoms with Gasteiger partial charge in [0, 0.05) is 18.0 Å². The number of rotatable bonds is 7. The first-order valence-electron chi connectivity index (χ1n) is 7.27. The second-order valence-electron chi connectivity index (χ2n) is 4.72. The first-order valence-corrected chi connectivity index (χ1v) is 8.15. The molecule has 0 aliphatic carbocycles. The Labute approximate surface area is 159 Å². The molecule has 146 valence electrons. The summed E-state index contributed by atoms with van der Waals surface area (Å²) in [7, 11) is 4.66. The van der Waals surface area contributed by atoms with Crippen molar-refractivity contribution >= 4 is 41.3 Å². The summed E-state index contributed by atoms with van der Waals surface area (Å²) in [4.78, 5) is 46.7. The van der Waals surface area contributed by atoms with E-state index in [-0.39, 0.29) is 16.2 Å². The average Bonchev–Trinajstić information content (AvgIpc) is 3.14. The largest absolute Gasteiger partial charge is 0.466 e. The zero-order chi connectivity index (χ0) is 20.6. The van der Waals surface area contributed by atoms with E-state index >= 15 is 0 Å². The number of hydrogen-bond donors (Lipinski definition) is 0. The number of ether oxygens (including phenoxy) is 4. The number of thioether (sulfide) groups is 1. The van der Waals surface area contributed by atoms with Gasteiger partial charge in [-0.05, 0) is 12.3 Å². The third-order valence-corrected chi connectivity index (χ3v) is 4.05.